The van der Waals surface area contributed by atoms with Crippen LogP contribution in [0, 0.1) is 6.92 Å². The Labute approximate surface area is 132 Å². The van der Waals surface area contributed by atoms with Crippen LogP contribution in [0.1, 0.15) is 22.5 Å². The van der Waals surface area contributed by atoms with Crippen LogP contribution in [-0.4, -0.2) is 35.7 Å². The fourth-order valence-corrected chi connectivity index (χ4v) is 2.95. The third-order valence-corrected chi connectivity index (χ3v) is 4.39. The SMILES string of the molecule is Cc1c(C(=O)NCCSCCCO)oc2ccc(Cl)cc12. The molecule has 0 bridgehead atoms. The number of nitrogens with one attached hydrogen (secondary N) is 1. The van der Waals surface area contributed by atoms with Crippen LogP contribution in [-0.2, 0) is 0 Å². The van der Waals surface area contributed by atoms with Crippen LogP contribution in [0.5, 0.6) is 0 Å². The lowest BCUT2D eigenvalue weighted by Crippen LogP contribution is -2.26. The first kappa shape index (κ1) is 16.2. The number of benzene rings is 1. The number of carbonyl (C=O) groups is 1. The molecule has 6 heteroatoms. The molecule has 114 valence electrons. The molecule has 0 atom stereocenters. The van der Waals surface area contributed by atoms with E-state index in [1.54, 1.807) is 30.0 Å². The van der Waals surface area contributed by atoms with Gasteiger partial charge in [0.2, 0.25) is 0 Å². The molecule has 2 N–H and O–H groups in total. The summed E-state index contributed by atoms with van der Waals surface area (Å²) in [5, 5.41) is 13.0. The maximum atomic E-state index is 12.1. The van der Waals surface area contributed by atoms with Crippen molar-refractivity contribution in [1.29, 1.82) is 0 Å². The van der Waals surface area contributed by atoms with Crippen LogP contribution >= 0.6 is 23.4 Å². The number of halogens is 1. The van der Waals surface area contributed by atoms with E-state index in [1.165, 1.54) is 0 Å². The zero-order valence-electron chi connectivity index (χ0n) is 11.8. The number of amides is 1. The van der Waals surface area contributed by atoms with E-state index < -0.39 is 0 Å². The van der Waals surface area contributed by atoms with Crippen LogP contribution in [0.25, 0.3) is 11.0 Å². The maximum Gasteiger partial charge on any atom is 0.287 e. The summed E-state index contributed by atoms with van der Waals surface area (Å²) in [5.74, 6) is 1.85. The van der Waals surface area contributed by atoms with Crippen molar-refractivity contribution in [2.75, 3.05) is 24.7 Å². The van der Waals surface area contributed by atoms with E-state index in [0.29, 0.717) is 22.9 Å². The number of carbonyl (C=O) groups excluding carboxylic acids is 1. The van der Waals surface area contributed by atoms with E-state index in [0.717, 1.165) is 28.9 Å². The number of hydrogen-bond acceptors (Lipinski definition) is 4. The molecule has 1 aromatic carbocycles. The van der Waals surface area contributed by atoms with Gasteiger partial charge in [-0.1, -0.05) is 11.6 Å². The van der Waals surface area contributed by atoms with Crippen LogP contribution in [0.3, 0.4) is 0 Å². The van der Waals surface area contributed by atoms with E-state index in [-0.39, 0.29) is 12.5 Å². The minimum Gasteiger partial charge on any atom is -0.451 e. The number of thioether (sulfide) groups is 1. The number of aliphatic hydroxyl groups excluding tert-OH is 1. The van der Waals surface area contributed by atoms with Crippen molar-refractivity contribution in [3.05, 3.63) is 34.5 Å². The van der Waals surface area contributed by atoms with Gasteiger partial charge in [0.05, 0.1) is 0 Å². The molecule has 0 saturated carbocycles. The lowest BCUT2D eigenvalue weighted by atomic mass is 10.1. The van der Waals surface area contributed by atoms with Gasteiger partial charge >= 0.3 is 0 Å². The van der Waals surface area contributed by atoms with E-state index in [1.807, 2.05) is 6.92 Å². The van der Waals surface area contributed by atoms with E-state index in [2.05, 4.69) is 5.32 Å². The second-order valence-electron chi connectivity index (χ2n) is 4.64. The molecule has 2 aromatic rings. The maximum absolute atomic E-state index is 12.1. The zero-order valence-corrected chi connectivity index (χ0v) is 13.4. The van der Waals surface area contributed by atoms with Crippen LogP contribution < -0.4 is 5.32 Å². The van der Waals surface area contributed by atoms with Gasteiger partial charge in [-0.25, -0.2) is 0 Å². The van der Waals surface area contributed by atoms with Gasteiger partial charge in [0, 0.05) is 34.9 Å². The monoisotopic (exact) mass is 327 g/mol. The third kappa shape index (κ3) is 4.15. The molecule has 1 amide bonds. The molecule has 21 heavy (non-hydrogen) atoms. The molecule has 0 spiro atoms. The van der Waals surface area contributed by atoms with Crippen molar-refractivity contribution >= 4 is 40.2 Å². The van der Waals surface area contributed by atoms with Crippen LogP contribution in [0.2, 0.25) is 5.02 Å². The average molecular weight is 328 g/mol. The molecule has 0 fully saturated rings. The number of aryl methyl sites for hydroxylation is 1. The van der Waals surface area contributed by atoms with Crippen molar-refractivity contribution in [2.24, 2.45) is 0 Å². The third-order valence-electron chi connectivity index (χ3n) is 3.08. The van der Waals surface area contributed by atoms with Crippen molar-refractivity contribution < 1.29 is 14.3 Å². The lowest BCUT2D eigenvalue weighted by Gasteiger charge is -2.03. The van der Waals surface area contributed by atoms with Gasteiger partial charge in [-0.3, -0.25) is 4.79 Å². The topological polar surface area (TPSA) is 62.5 Å². The Morgan fingerprint density at radius 2 is 2.24 bits per heavy atom. The fraction of sp³-hybridized carbons (Fsp3) is 0.400. The Hall–Kier alpha value is -1.17. The Balaban J connectivity index is 1.95. The molecular formula is C15H18ClNO3S. The number of aliphatic hydroxyl groups is 1. The molecule has 0 radical (unpaired) electrons. The standard InChI is InChI=1S/C15H18ClNO3S/c1-10-12-9-11(16)3-4-13(12)20-14(10)15(19)17-5-8-21-7-2-6-18/h3-4,9,18H,2,5-8H2,1H3,(H,17,19). The Bertz CT molecular complexity index is 627. The summed E-state index contributed by atoms with van der Waals surface area (Å²) in [5.41, 5.74) is 1.47. The first-order chi connectivity index (χ1) is 10.1. The summed E-state index contributed by atoms with van der Waals surface area (Å²) in [7, 11) is 0. The summed E-state index contributed by atoms with van der Waals surface area (Å²) < 4.78 is 5.60. The van der Waals surface area contributed by atoms with E-state index in [9.17, 15) is 4.79 Å². The highest BCUT2D eigenvalue weighted by Gasteiger charge is 2.17. The van der Waals surface area contributed by atoms with Gasteiger partial charge in [-0.15, -0.1) is 0 Å². The minimum absolute atomic E-state index is 0.206. The average Bonchev–Trinajstić information content (AvgIpc) is 2.79. The van der Waals surface area contributed by atoms with Crippen LogP contribution in [0.4, 0.5) is 0 Å². The van der Waals surface area contributed by atoms with Crippen molar-refractivity contribution in [3.63, 3.8) is 0 Å². The Kier molecular flexibility index (Phi) is 5.96. The second-order valence-corrected chi connectivity index (χ2v) is 6.30. The number of furan rings is 1. The lowest BCUT2D eigenvalue weighted by molar-refractivity contribution is 0.0930. The van der Waals surface area contributed by atoms with Crippen LogP contribution in [0.15, 0.2) is 22.6 Å². The Morgan fingerprint density at radius 3 is 3.00 bits per heavy atom. The molecule has 0 saturated heterocycles. The smallest absolute Gasteiger partial charge is 0.287 e. The largest absolute Gasteiger partial charge is 0.451 e. The molecule has 0 aliphatic carbocycles. The molecule has 0 unspecified atom stereocenters. The number of fused-ring (bicyclic) bond motifs is 1. The molecular weight excluding hydrogens is 310 g/mol. The van der Waals surface area contributed by atoms with Crippen molar-refractivity contribution in [1.82, 2.24) is 5.32 Å². The molecule has 4 nitrogen and oxygen atoms in total. The van der Waals surface area contributed by atoms with E-state index in [4.69, 9.17) is 21.1 Å². The van der Waals surface area contributed by atoms with E-state index >= 15 is 0 Å². The van der Waals surface area contributed by atoms with Gasteiger partial charge in [-0.05, 0) is 37.3 Å². The van der Waals surface area contributed by atoms with Gasteiger partial charge in [0.15, 0.2) is 5.76 Å². The van der Waals surface area contributed by atoms with Gasteiger partial charge in [0.25, 0.3) is 5.91 Å². The second kappa shape index (κ2) is 7.73. The first-order valence-electron chi connectivity index (χ1n) is 6.79. The normalized spacial score (nSPS) is 11.0. The van der Waals surface area contributed by atoms with Gasteiger partial charge in [0.1, 0.15) is 5.58 Å². The molecule has 2 rings (SSSR count). The summed E-state index contributed by atoms with van der Waals surface area (Å²) in [6.45, 7) is 2.64. The molecule has 0 aliphatic heterocycles. The Morgan fingerprint density at radius 1 is 1.43 bits per heavy atom. The summed E-state index contributed by atoms with van der Waals surface area (Å²) in [6.07, 6.45) is 0.780. The predicted molar refractivity (Wildman–Crippen MR) is 87.3 cm³/mol. The van der Waals surface area contributed by atoms with Gasteiger partial charge in [-0.2, -0.15) is 11.8 Å². The van der Waals surface area contributed by atoms with Crippen molar-refractivity contribution in [2.45, 2.75) is 13.3 Å². The fourth-order valence-electron chi connectivity index (χ4n) is 2.00. The quantitative estimate of drug-likeness (QED) is 0.766. The molecule has 0 aliphatic rings. The summed E-state index contributed by atoms with van der Waals surface area (Å²) >= 11 is 7.66. The predicted octanol–water partition coefficient (Wildman–Crippen LogP) is 3.24. The highest BCUT2D eigenvalue weighted by atomic mass is 35.5. The summed E-state index contributed by atoms with van der Waals surface area (Å²) in [4.78, 5) is 12.1. The first-order valence-corrected chi connectivity index (χ1v) is 8.32. The number of hydrogen-bond donors (Lipinski definition) is 2. The van der Waals surface area contributed by atoms with Gasteiger partial charge < -0.3 is 14.8 Å². The van der Waals surface area contributed by atoms with Crippen molar-refractivity contribution in [3.8, 4) is 0 Å². The molecule has 1 heterocycles. The highest BCUT2D eigenvalue weighted by molar-refractivity contribution is 7.99. The number of rotatable bonds is 7. The highest BCUT2D eigenvalue weighted by Crippen LogP contribution is 2.27. The summed E-state index contributed by atoms with van der Waals surface area (Å²) in [6, 6.07) is 5.32. The minimum atomic E-state index is -0.206. The molecule has 1 aromatic heterocycles. The zero-order chi connectivity index (χ0) is 15.2.